The van der Waals surface area contributed by atoms with Crippen molar-refractivity contribution in [1.82, 2.24) is 5.32 Å². The lowest BCUT2D eigenvalue weighted by Crippen LogP contribution is -2.35. The SMILES string of the molecule is [C-]#[N+]CCC(NC(=O)OC(C)(C)C)c1ccccc1. The molecule has 0 heterocycles. The maximum Gasteiger partial charge on any atom is 0.408 e. The number of carbonyl (C=O) groups is 1. The molecule has 0 aliphatic heterocycles. The van der Waals surface area contributed by atoms with E-state index in [2.05, 4.69) is 10.2 Å². The van der Waals surface area contributed by atoms with Crippen LogP contribution < -0.4 is 5.32 Å². The van der Waals surface area contributed by atoms with Gasteiger partial charge in [0.15, 0.2) is 0 Å². The normalized spacial score (nSPS) is 12.3. The summed E-state index contributed by atoms with van der Waals surface area (Å²) in [4.78, 5) is 15.1. The van der Waals surface area contributed by atoms with Crippen molar-refractivity contribution in [3.63, 3.8) is 0 Å². The van der Waals surface area contributed by atoms with E-state index in [-0.39, 0.29) is 6.04 Å². The molecule has 0 spiro atoms. The summed E-state index contributed by atoms with van der Waals surface area (Å²) in [5, 5.41) is 2.82. The lowest BCUT2D eigenvalue weighted by atomic mass is 10.0. The molecule has 0 saturated carbocycles. The molecule has 1 amide bonds. The average molecular weight is 260 g/mol. The van der Waals surface area contributed by atoms with E-state index in [4.69, 9.17) is 11.3 Å². The molecule has 0 bridgehead atoms. The van der Waals surface area contributed by atoms with E-state index in [0.29, 0.717) is 13.0 Å². The maximum absolute atomic E-state index is 11.8. The number of carbonyl (C=O) groups excluding carboxylic acids is 1. The van der Waals surface area contributed by atoms with Crippen molar-refractivity contribution in [2.75, 3.05) is 6.54 Å². The van der Waals surface area contributed by atoms with Crippen LogP contribution in [0.4, 0.5) is 4.79 Å². The highest BCUT2D eigenvalue weighted by Gasteiger charge is 2.20. The fourth-order valence-electron chi connectivity index (χ4n) is 1.65. The highest BCUT2D eigenvalue weighted by Crippen LogP contribution is 2.17. The number of hydrogen-bond donors (Lipinski definition) is 1. The lowest BCUT2D eigenvalue weighted by Gasteiger charge is -2.23. The van der Waals surface area contributed by atoms with Gasteiger partial charge in [-0.3, -0.25) is 0 Å². The van der Waals surface area contributed by atoms with Gasteiger partial charge in [-0.25, -0.2) is 11.4 Å². The van der Waals surface area contributed by atoms with E-state index < -0.39 is 11.7 Å². The zero-order valence-electron chi connectivity index (χ0n) is 11.6. The Balaban J connectivity index is 2.71. The molecule has 0 saturated heterocycles. The largest absolute Gasteiger partial charge is 0.444 e. The monoisotopic (exact) mass is 260 g/mol. The predicted molar refractivity (Wildman–Crippen MR) is 74.6 cm³/mol. The summed E-state index contributed by atoms with van der Waals surface area (Å²) < 4.78 is 5.24. The van der Waals surface area contributed by atoms with Crippen molar-refractivity contribution in [2.24, 2.45) is 0 Å². The number of nitrogens with one attached hydrogen (secondary N) is 1. The second-order valence-corrected chi connectivity index (χ2v) is 5.28. The topological polar surface area (TPSA) is 42.7 Å². The van der Waals surface area contributed by atoms with E-state index in [0.717, 1.165) is 5.56 Å². The van der Waals surface area contributed by atoms with Crippen LogP contribution in [0.1, 0.15) is 38.8 Å². The molecular weight excluding hydrogens is 240 g/mol. The number of benzene rings is 1. The van der Waals surface area contributed by atoms with Gasteiger partial charge >= 0.3 is 6.09 Å². The number of alkyl carbamates (subject to hydrolysis) is 1. The van der Waals surface area contributed by atoms with Crippen molar-refractivity contribution < 1.29 is 9.53 Å². The van der Waals surface area contributed by atoms with Crippen molar-refractivity contribution in [3.8, 4) is 0 Å². The van der Waals surface area contributed by atoms with Gasteiger partial charge < -0.3 is 14.9 Å². The zero-order chi connectivity index (χ0) is 14.3. The molecule has 1 rings (SSSR count). The molecule has 4 heteroatoms. The number of rotatable bonds is 4. The Morgan fingerprint density at radius 3 is 2.53 bits per heavy atom. The Hall–Kier alpha value is -2.02. The van der Waals surface area contributed by atoms with Gasteiger partial charge in [-0.15, -0.1) is 0 Å². The zero-order valence-corrected chi connectivity index (χ0v) is 11.6. The van der Waals surface area contributed by atoms with Crippen LogP contribution in [0.3, 0.4) is 0 Å². The highest BCUT2D eigenvalue weighted by atomic mass is 16.6. The third-order valence-electron chi connectivity index (χ3n) is 2.42. The number of amides is 1. The first-order chi connectivity index (χ1) is 8.92. The van der Waals surface area contributed by atoms with Gasteiger partial charge in [-0.1, -0.05) is 30.3 Å². The van der Waals surface area contributed by atoms with Crippen molar-refractivity contribution in [2.45, 2.75) is 38.8 Å². The Morgan fingerprint density at radius 2 is 2.00 bits per heavy atom. The van der Waals surface area contributed by atoms with Crippen LogP contribution in [0, 0.1) is 6.57 Å². The van der Waals surface area contributed by atoms with Crippen molar-refractivity contribution >= 4 is 6.09 Å². The van der Waals surface area contributed by atoms with Crippen LogP contribution in [-0.4, -0.2) is 18.2 Å². The minimum Gasteiger partial charge on any atom is -0.444 e. The fourth-order valence-corrected chi connectivity index (χ4v) is 1.65. The van der Waals surface area contributed by atoms with Gasteiger partial charge in [0, 0.05) is 6.42 Å². The molecule has 1 atom stereocenters. The molecule has 0 radical (unpaired) electrons. The molecule has 1 unspecified atom stereocenters. The van der Waals surface area contributed by atoms with E-state index in [9.17, 15) is 4.79 Å². The standard InChI is InChI=1S/C15H20N2O2/c1-15(2,3)19-14(18)17-13(10-11-16-4)12-8-6-5-7-9-12/h5-9,13H,10-11H2,1-3H3,(H,17,18). The van der Waals surface area contributed by atoms with Gasteiger partial charge in [-0.05, 0) is 26.3 Å². The van der Waals surface area contributed by atoms with Crippen molar-refractivity contribution in [1.29, 1.82) is 0 Å². The van der Waals surface area contributed by atoms with Gasteiger partial charge in [-0.2, -0.15) is 0 Å². The van der Waals surface area contributed by atoms with E-state index >= 15 is 0 Å². The Morgan fingerprint density at radius 1 is 1.37 bits per heavy atom. The minimum atomic E-state index is -0.523. The maximum atomic E-state index is 11.8. The third kappa shape index (κ3) is 5.91. The van der Waals surface area contributed by atoms with Crippen LogP contribution in [0.15, 0.2) is 30.3 Å². The number of nitrogens with zero attached hydrogens (tertiary/aromatic N) is 1. The number of hydrogen-bond acceptors (Lipinski definition) is 2. The molecule has 4 nitrogen and oxygen atoms in total. The fraction of sp³-hybridized carbons (Fsp3) is 0.467. The Kier molecular flexibility index (Phi) is 5.37. The Bertz CT molecular complexity index is 443. The van der Waals surface area contributed by atoms with Crippen LogP contribution in [0.25, 0.3) is 4.85 Å². The summed E-state index contributed by atoms with van der Waals surface area (Å²) in [5.41, 5.74) is 0.461. The summed E-state index contributed by atoms with van der Waals surface area (Å²) in [6.07, 6.45) is 0.124. The first-order valence-electron chi connectivity index (χ1n) is 6.30. The van der Waals surface area contributed by atoms with Gasteiger partial charge in [0.1, 0.15) is 5.60 Å². The molecule has 1 aromatic carbocycles. The van der Waals surface area contributed by atoms with Crippen LogP contribution in [0.5, 0.6) is 0 Å². The van der Waals surface area contributed by atoms with Crippen LogP contribution in [0.2, 0.25) is 0 Å². The smallest absolute Gasteiger partial charge is 0.408 e. The first kappa shape index (κ1) is 15.0. The van der Waals surface area contributed by atoms with E-state index in [1.54, 1.807) is 0 Å². The molecule has 0 fully saturated rings. The quantitative estimate of drug-likeness (QED) is 0.841. The molecule has 102 valence electrons. The molecule has 1 aromatic rings. The molecule has 1 N–H and O–H groups in total. The second-order valence-electron chi connectivity index (χ2n) is 5.28. The van der Waals surface area contributed by atoms with E-state index in [1.165, 1.54) is 0 Å². The Labute approximate surface area is 114 Å². The number of ether oxygens (including phenoxy) is 1. The van der Waals surface area contributed by atoms with Gasteiger partial charge in [0.25, 0.3) is 0 Å². The summed E-state index contributed by atoms with van der Waals surface area (Å²) in [5.74, 6) is 0. The summed E-state index contributed by atoms with van der Waals surface area (Å²) >= 11 is 0. The molecule has 0 aliphatic carbocycles. The highest BCUT2D eigenvalue weighted by molar-refractivity contribution is 5.68. The molecular formula is C15H20N2O2. The second kappa shape index (κ2) is 6.79. The summed E-state index contributed by atoms with van der Waals surface area (Å²) in [7, 11) is 0. The predicted octanol–water partition coefficient (Wildman–Crippen LogP) is 3.56. The average Bonchev–Trinajstić information content (AvgIpc) is 2.33. The molecule has 0 aliphatic rings. The van der Waals surface area contributed by atoms with Crippen molar-refractivity contribution in [3.05, 3.63) is 47.3 Å². The minimum absolute atomic E-state index is 0.190. The van der Waals surface area contributed by atoms with Crippen LogP contribution >= 0.6 is 0 Å². The third-order valence-corrected chi connectivity index (χ3v) is 2.42. The molecule has 0 aromatic heterocycles. The molecule has 19 heavy (non-hydrogen) atoms. The summed E-state index contributed by atoms with van der Waals surface area (Å²) in [6, 6.07) is 9.43. The van der Waals surface area contributed by atoms with Gasteiger partial charge in [0.05, 0.1) is 6.04 Å². The lowest BCUT2D eigenvalue weighted by molar-refractivity contribution is 0.0502. The summed E-state index contributed by atoms with van der Waals surface area (Å²) in [6.45, 7) is 12.7. The van der Waals surface area contributed by atoms with E-state index in [1.807, 2.05) is 51.1 Å². The first-order valence-corrected chi connectivity index (χ1v) is 6.30. The van der Waals surface area contributed by atoms with Gasteiger partial charge in [0.2, 0.25) is 6.54 Å². The van der Waals surface area contributed by atoms with Crippen LogP contribution in [-0.2, 0) is 4.74 Å².